The molecule has 174 valence electrons. The summed E-state index contributed by atoms with van der Waals surface area (Å²) in [4.78, 5) is 22.9. The van der Waals surface area contributed by atoms with Crippen LogP contribution in [0.15, 0.2) is 61.5 Å². The Morgan fingerprint density at radius 2 is 1.53 bits per heavy atom. The van der Waals surface area contributed by atoms with Crippen molar-refractivity contribution in [1.29, 1.82) is 0 Å². The number of carboxylic acid groups (broad SMARTS) is 1. The van der Waals surface area contributed by atoms with E-state index in [1.54, 1.807) is 6.92 Å². The van der Waals surface area contributed by atoms with Crippen molar-refractivity contribution in [2.45, 2.75) is 29.7 Å². The number of carboxylic acids is 1. The number of hydrazone groups is 1. The van der Waals surface area contributed by atoms with E-state index >= 15 is 0 Å². The molecule has 0 bridgehead atoms. The maximum absolute atomic E-state index is 12.8. The normalized spacial score (nSPS) is 15.6. The van der Waals surface area contributed by atoms with Crippen LogP contribution in [0.2, 0.25) is 0 Å². The van der Waals surface area contributed by atoms with E-state index < -0.39 is 53.7 Å². The second-order valence-corrected chi connectivity index (χ2v) is 9.60. The molecule has 1 heterocycles. The SMILES string of the molecule is Cc1cc(C)c(N=NC2C(=O)N(c3ccc(S(=O)(=O)[O-])cc3)N=C2C(=O)[O-])c(S(=O)(=O)[O-])c1.[Na+].[Na+].[Na+]. The fraction of sp³-hybridized carbons (Fsp3) is 0.167. The number of benzene rings is 2. The Bertz CT molecular complexity index is 1440. The largest absolute Gasteiger partial charge is 1.00 e. The summed E-state index contributed by atoms with van der Waals surface area (Å²) in [7, 11) is -9.73. The van der Waals surface area contributed by atoms with Gasteiger partial charge in [0.05, 0.1) is 21.4 Å². The number of anilines is 1. The topological polar surface area (TPSA) is 212 Å². The molecule has 18 heteroatoms. The molecule has 0 saturated heterocycles. The van der Waals surface area contributed by atoms with Gasteiger partial charge in [-0.25, -0.2) is 16.8 Å². The molecule has 0 N–H and O–H groups in total. The summed E-state index contributed by atoms with van der Waals surface area (Å²) >= 11 is 0. The second kappa shape index (κ2) is 13.5. The minimum Gasteiger partial charge on any atom is -0.744 e. The molecule has 1 aliphatic heterocycles. The van der Waals surface area contributed by atoms with Gasteiger partial charge in [0.15, 0.2) is 6.04 Å². The molecule has 1 atom stereocenters. The van der Waals surface area contributed by atoms with Crippen molar-refractivity contribution in [2.24, 2.45) is 15.3 Å². The maximum Gasteiger partial charge on any atom is 1.00 e. The third-order valence-electron chi connectivity index (χ3n) is 4.44. The fourth-order valence-corrected chi connectivity index (χ4v) is 4.23. The van der Waals surface area contributed by atoms with Gasteiger partial charge in [-0.05, 0) is 55.3 Å². The summed E-state index contributed by atoms with van der Waals surface area (Å²) in [5.41, 5.74) is -0.635. The predicted molar refractivity (Wildman–Crippen MR) is 107 cm³/mol. The Kier molecular flexibility index (Phi) is 13.3. The molecule has 0 saturated carbocycles. The zero-order valence-electron chi connectivity index (χ0n) is 19.8. The van der Waals surface area contributed by atoms with Crippen LogP contribution >= 0.6 is 0 Å². The van der Waals surface area contributed by atoms with Gasteiger partial charge in [0, 0.05) is 0 Å². The van der Waals surface area contributed by atoms with E-state index in [1.807, 2.05) is 0 Å². The average Bonchev–Trinajstić information content (AvgIpc) is 3.02. The Balaban J connectivity index is 0.00000408. The number of aliphatic carboxylic acids is 1. The van der Waals surface area contributed by atoms with Gasteiger partial charge >= 0.3 is 88.7 Å². The quantitative estimate of drug-likeness (QED) is 0.185. The van der Waals surface area contributed by atoms with E-state index in [4.69, 9.17) is 0 Å². The Morgan fingerprint density at radius 1 is 0.972 bits per heavy atom. The summed E-state index contributed by atoms with van der Waals surface area (Å²) in [6.07, 6.45) is 0. The van der Waals surface area contributed by atoms with E-state index in [0.717, 1.165) is 30.3 Å². The van der Waals surface area contributed by atoms with Gasteiger partial charge in [-0.1, -0.05) is 6.07 Å². The van der Waals surface area contributed by atoms with Gasteiger partial charge in [-0.15, -0.1) is 0 Å². The van der Waals surface area contributed by atoms with Crippen molar-refractivity contribution in [1.82, 2.24) is 0 Å². The van der Waals surface area contributed by atoms with Crippen LogP contribution in [0.3, 0.4) is 0 Å². The minimum atomic E-state index is -4.97. The van der Waals surface area contributed by atoms with Crippen LogP contribution in [-0.4, -0.2) is 49.6 Å². The van der Waals surface area contributed by atoms with E-state index in [0.29, 0.717) is 10.6 Å². The number of hydrogen-bond acceptors (Lipinski definition) is 12. The fourth-order valence-electron chi connectivity index (χ4n) is 3.00. The van der Waals surface area contributed by atoms with Crippen molar-refractivity contribution in [3.8, 4) is 0 Å². The first kappa shape index (κ1) is 35.5. The Labute approximate surface area is 272 Å². The number of carbonyl (C=O) groups is 2. The molecule has 0 fully saturated rings. The Morgan fingerprint density at radius 3 is 2.00 bits per heavy atom. The number of aryl methyl sites for hydroxylation is 2. The predicted octanol–water partition coefficient (Wildman–Crippen LogP) is -9.27. The molecular formula is C18H13N4Na3O9S2. The Hall–Kier alpha value is -0.530. The molecule has 2 aromatic carbocycles. The zero-order valence-corrected chi connectivity index (χ0v) is 27.5. The third kappa shape index (κ3) is 7.99. The number of nitrogens with zero attached hydrogens (tertiary/aromatic N) is 4. The average molecular weight is 562 g/mol. The number of carbonyl (C=O) groups excluding carboxylic acids is 2. The molecule has 0 spiro atoms. The van der Waals surface area contributed by atoms with Crippen LogP contribution in [0.5, 0.6) is 0 Å². The number of azo groups is 1. The molecule has 2 aromatic rings. The van der Waals surface area contributed by atoms with Crippen molar-refractivity contribution >= 4 is 49.2 Å². The number of hydrogen-bond donors (Lipinski definition) is 0. The van der Waals surface area contributed by atoms with Crippen molar-refractivity contribution in [3.63, 3.8) is 0 Å². The van der Waals surface area contributed by atoms with E-state index in [-0.39, 0.29) is 106 Å². The van der Waals surface area contributed by atoms with Gasteiger partial charge in [0.25, 0.3) is 5.91 Å². The van der Waals surface area contributed by atoms with E-state index in [2.05, 4.69) is 15.3 Å². The van der Waals surface area contributed by atoms with Crippen molar-refractivity contribution in [2.75, 3.05) is 5.01 Å². The number of rotatable bonds is 6. The minimum absolute atomic E-state index is 0. The molecule has 36 heavy (non-hydrogen) atoms. The van der Waals surface area contributed by atoms with Crippen LogP contribution < -0.4 is 98.8 Å². The molecule has 1 aliphatic rings. The van der Waals surface area contributed by atoms with E-state index in [9.17, 15) is 40.6 Å². The molecule has 13 nitrogen and oxygen atoms in total. The van der Waals surface area contributed by atoms with Gasteiger partial charge in [0.2, 0.25) is 0 Å². The van der Waals surface area contributed by atoms with Crippen LogP contribution in [0.1, 0.15) is 11.1 Å². The van der Waals surface area contributed by atoms with Gasteiger partial charge < -0.3 is 19.0 Å². The zero-order chi connectivity index (χ0) is 24.7. The molecule has 1 unspecified atom stereocenters. The van der Waals surface area contributed by atoms with Crippen molar-refractivity contribution in [3.05, 3.63) is 47.5 Å². The van der Waals surface area contributed by atoms with Crippen LogP contribution in [0, 0.1) is 13.8 Å². The maximum atomic E-state index is 12.8. The summed E-state index contributed by atoms with van der Waals surface area (Å²) < 4.78 is 67.9. The van der Waals surface area contributed by atoms with Crippen LogP contribution in [0.25, 0.3) is 0 Å². The monoisotopic (exact) mass is 562 g/mol. The molecular weight excluding hydrogens is 549 g/mol. The smallest absolute Gasteiger partial charge is 0.744 e. The molecule has 0 aromatic heterocycles. The summed E-state index contributed by atoms with van der Waals surface area (Å²) in [6.45, 7) is 2.99. The van der Waals surface area contributed by atoms with Gasteiger partial charge in [-0.3, -0.25) is 4.79 Å². The molecule has 3 rings (SSSR count). The second-order valence-electron chi connectivity index (χ2n) is 6.87. The van der Waals surface area contributed by atoms with E-state index in [1.165, 1.54) is 13.0 Å². The molecule has 0 radical (unpaired) electrons. The van der Waals surface area contributed by atoms with Gasteiger partial charge in [-0.2, -0.15) is 20.3 Å². The summed E-state index contributed by atoms with van der Waals surface area (Å²) in [5, 5.41) is 22.9. The third-order valence-corrected chi connectivity index (χ3v) is 6.14. The van der Waals surface area contributed by atoms with Gasteiger partial charge in [0.1, 0.15) is 31.6 Å². The molecule has 1 amide bonds. The summed E-state index contributed by atoms with van der Waals surface area (Å²) in [6, 6.07) is 4.61. The first-order valence-electron chi connectivity index (χ1n) is 8.88. The first-order valence-corrected chi connectivity index (χ1v) is 11.7. The van der Waals surface area contributed by atoms with Crippen molar-refractivity contribution < 1.29 is 129 Å². The molecule has 0 aliphatic carbocycles. The first-order chi connectivity index (χ1) is 15.2. The summed E-state index contributed by atoms with van der Waals surface area (Å²) in [5.74, 6) is -2.90. The standard InChI is InChI=1S/C18H16N4O9S2.3Na/c1-9-7-10(2)14(13(8-9)33(29,30)31)19-20-15-16(18(24)25)21-22(17(15)23)11-3-5-12(6-4-11)32(26,27)28;;;/h3-8,15H,1-2H3,(H,24,25)(H,26,27,28)(H,29,30,31);;;/q;3*+1/p-3. The van der Waals surface area contributed by atoms with Crippen LogP contribution in [0.4, 0.5) is 11.4 Å². The number of amides is 1. The van der Waals surface area contributed by atoms with Crippen LogP contribution in [-0.2, 0) is 29.8 Å².